The highest BCUT2D eigenvalue weighted by Gasteiger charge is 2.17. The molecular weight excluding hydrogens is 402 g/mol. The van der Waals surface area contributed by atoms with Crippen LogP contribution < -0.4 is 9.64 Å². The average Bonchev–Trinajstić information content (AvgIpc) is 3.33. The summed E-state index contributed by atoms with van der Waals surface area (Å²) in [5, 5.41) is 4.05. The number of hydrogen-bond acceptors (Lipinski definition) is 5. The average molecular weight is 428 g/mol. The van der Waals surface area contributed by atoms with Crippen molar-refractivity contribution in [2.24, 2.45) is 0 Å². The summed E-state index contributed by atoms with van der Waals surface area (Å²) in [5.41, 5.74) is 2.92. The lowest BCUT2D eigenvalue weighted by atomic mass is 10.1. The number of para-hydroxylation sites is 1. The van der Waals surface area contributed by atoms with Crippen molar-refractivity contribution in [2.75, 3.05) is 18.6 Å². The van der Waals surface area contributed by atoms with E-state index in [0.29, 0.717) is 24.7 Å². The number of carbonyl (C=O) groups excluding carboxylic acids is 1. The molecule has 6 nitrogen and oxygen atoms in total. The van der Waals surface area contributed by atoms with Crippen LogP contribution in [0.5, 0.6) is 5.75 Å². The molecule has 0 aliphatic heterocycles. The van der Waals surface area contributed by atoms with Gasteiger partial charge in [-0.1, -0.05) is 53.7 Å². The van der Waals surface area contributed by atoms with Crippen LogP contribution in [0.3, 0.4) is 0 Å². The van der Waals surface area contributed by atoms with Gasteiger partial charge in [-0.25, -0.2) is 0 Å². The number of carbonyl (C=O) groups is 1. The van der Waals surface area contributed by atoms with Crippen LogP contribution in [0.4, 0.5) is 5.69 Å². The van der Waals surface area contributed by atoms with Crippen molar-refractivity contribution in [3.05, 3.63) is 96.4 Å². The lowest BCUT2D eigenvalue weighted by Gasteiger charge is -2.23. The molecule has 1 heterocycles. The Labute approximate surface area is 187 Å². The minimum Gasteiger partial charge on any atom is -0.497 e. The van der Waals surface area contributed by atoms with Gasteiger partial charge in [0.25, 0.3) is 0 Å². The van der Waals surface area contributed by atoms with Crippen molar-refractivity contribution in [1.29, 1.82) is 0 Å². The van der Waals surface area contributed by atoms with Gasteiger partial charge in [0.1, 0.15) is 5.75 Å². The Balaban J connectivity index is 1.41. The van der Waals surface area contributed by atoms with Crippen molar-refractivity contribution in [3.63, 3.8) is 0 Å². The van der Waals surface area contributed by atoms with Gasteiger partial charge >= 0.3 is 0 Å². The quantitative estimate of drug-likeness (QED) is 0.378. The Bertz CT molecular complexity index is 1130. The number of aryl methyl sites for hydroxylation is 1. The van der Waals surface area contributed by atoms with E-state index in [-0.39, 0.29) is 12.3 Å². The van der Waals surface area contributed by atoms with Crippen molar-refractivity contribution < 1.29 is 14.1 Å². The van der Waals surface area contributed by atoms with Crippen molar-refractivity contribution in [3.8, 4) is 17.1 Å². The topological polar surface area (TPSA) is 68.5 Å². The zero-order chi connectivity index (χ0) is 22.2. The van der Waals surface area contributed by atoms with Gasteiger partial charge < -0.3 is 14.2 Å². The maximum absolute atomic E-state index is 13.1. The Hall–Kier alpha value is -3.93. The molecule has 4 aromatic rings. The number of methoxy groups -OCH3 is 1. The molecule has 0 aliphatic rings. The molecule has 0 saturated carbocycles. The molecule has 32 heavy (non-hydrogen) atoms. The van der Waals surface area contributed by atoms with Crippen LogP contribution in [0.1, 0.15) is 17.9 Å². The van der Waals surface area contributed by atoms with Gasteiger partial charge in [-0.05, 0) is 48.4 Å². The summed E-state index contributed by atoms with van der Waals surface area (Å²) in [4.78, 5) is 19.4. The smallest absolute Gasteiger partial charge is 0.227 e. The molecular formula is C26H25N3O3. The summed E-state index contributed by atoms with van der Waals surface area (Å²) in [6.45, 7) is 0.605. The number of amides is 1. The highest BCUT2D eigenvalue weighted by molar-refractivity contribution is 5.93. The summed E-state index contributed by atoms with van der Waals surface area (Å²) in [5.74, 6) is 1.73. The Morgan fingerprint density at radius 3 is 2.28 bits per heavy atom. The molecule has 0 radical (unpaired) electrons. The minimum absolute atomic E-state index is 0.0244. The van der Waals surface area contributed by atoms with E-state index in [1.165, 1.54) is 5.56 Å². The number of ether oxygens (including phenoxy) is 1. The van der Waals surface area contributed by atoms with Crippen LogP contribution >= 0.6 is 0 Å². The zero-order valence-corrected chi connectivity index (χ0v) is 18.0. The number of nitrogens with zero attached hydrogens (tertiary/aromatic N) is 3. The van der Waals surface area contributed by atoms with Crippen LogP contribution in [0.2, 0.25) is 0 Å². The first-order chi connectivity index (χ1) is 15.7. The monoisotopic (exact) mass is 427 g/mol. The number of anilines is 1. The first kappa shape index (κ1) is 21.3. The lowest BCUT2D eigenvalue weighted by molar-refractivity contribution is -0.118. The Morgan fingerprint density at radius 1 is 0.906 bits per heavy atom. The predicted octanol–water partition coefficient (Wildman–Crippen LogP) is 4.95. The number of aromatic nitrogens is 2. The number of rotatable bonds is 9. The Kier molecular flexibility index (Phi) is 6.92. The summed E-state index contributed by atoms with van der Waals surface area (Å²) in [6, 6.07) is 27.4. The molecule has 0 bridgehead atoms. The number of benzene rings is 3. The molecule has 0 spiro atoms. The molecule has 0 aliphatic carbocycles. The molecule has 3 aromatic carbocycles. The predicted molar refractivity (Wildman–Crippen MR) is 124 cm³/mol. The largest absolute Gasteiger partial charge is 0.497 e. The summed E-state index contributed by atoms with van der Waals surface area (Å²) in [7, 11) is 1.62. The molecule has 4 rings (SSSR count). The van der Waals surface area contributed by atoms with Gasteiger partial charge in [-0.3, -0.25) is 4.79 Å². The molecule has 6 heteroatoms. The van der Waals surface area contributed by atoms with Crippen LogP contribution in [0.25, 0.3) is 11.4 Å². The minimum atomic E-state index is 0.0244. The number of hydrogen-bond donors (Lipinski definition) is 0. The van der Waals surface area contributed by atoms with E-state index in [9.17, 15) is 4.79 Å². The third-order valence-corrected chi connectivity index (χ3v) is 5.20. The summed E-state index contributed by atoms with van der Waals surface area (Å²) in [6.07, 6.45) is 1.45. The molecule has 0 unspecified atom stereocenters. The fraction of sp³-hybridized carbons (Fsp3) is 0.192. The van der Waals surface area contributed by atoms with E-state index in [0.717, 1.165) is 23.4 Å². The van der Waals surface area contributed by atoms with Gasteiger partial charge in [-0.2, -0.15) is 4.98 Å². The molecule has 0 N–H and O–H groups in total. The van der Waals surface area contributed by atoms with E-state index in [1.54, 1.807) is 7.11 Å². The third kappa shape index (κ3) is 5.40. The van der Waals surface area contributed by atoms with Crippen molar-refractivity contribution >= 4 is 11.6 Å². The fourth-order valence-corrected chi connectivity index (χ4v) is 3.45. The Morgan fingerprint density at radius 2 is 1.59 bits per heavy atom. The maximum atomic E-state index is 13.1. The molecule has 0 atom stereocenters. The molecule has 1 aromatic heterocycles. The SMILES string of the molecule is COc1ccc(-c2noc(CCC(=O)N(CCc3ccccc3)c3ccccc3)n2)cc1. The van der Waals surface area contributed by atoms with Crippen LogP contribution in [0, 0.1) is 0 Å². The van der Waals surface area contributed by atoms with E-state index >= 15 is 0 Å². The fourth-order valence-electron chi connectivity index (χ4n) is 3.45. The first-order valence-corrected chi connectivity index (χ1v) is 10.6. The second kappa shape index (κ2) is 10.4. The van der Waals surface area contributed by atoms with E-state index < -0.39 is 0 Å². The van der Waals surface area contributed by atoms with E-state index in [2.05, 4.69) is 22.3 Å². The van der Waals surface area contributed by atoms with Crippen LogP contribution in [-0.2, 0) is 17.6 Å². The molecule has 162 valence electrons. The van der Waals surface area contributed by atoms with Gasteiger partial charge in [0.05, 0.1) is 7.11 Å². The molecule has 0 fully saturated rings. The van der Waals surface area contributed by atoms with Crippen LogP contribution in [0.15, 0.2) is 89.5 Å². The lowest BCUT2D eigenvalue weighted by Crippen LogP contribution is -2.33. The zero-order valence-electron chi connectivity index (χ0n) is 18.0. The van der Waals surface area contributed by atoms with E-state index in [1.807, 2.05) is 77.7 Å². The second-order valence-corrected chi connectivity index (χ2v) is 7.36. The van der Waals surface area contributed by atoms with Gasteiger partial charge in [0, 0.05) is 30.6 Å². The van der Waals surface area contributed by atoms with Crippen molar-refractivity contribution in [1.82, 2.24) is 10.1 Å². The molecule has 1 amide bonds. The van der Waals surface area contributed by atoms with Gasteiger partial charge in [0.2, 0.25) is 17.6 Å². The van der Waals surface area contributed by atoms with Crippen LogP contribution in [-0.4, -0.2) is 29.7 Å². The highest BCUT2D eigenvalue weighted by atomic mass is 16.5. The van der Waals surface area contributed by atoms with Gasteiger partial charge in [-0.15, -0.1) is 0 Å². The third-order valence-electron chi connectivity index (χ3n) is 5.20. The molecule has 0 saturated heterocycles. The first-order valence-electron chi connectivity index (χ1n) is 10.6. The van der Waals surface area contributed by atoms with E-state index in [4.69, 9.17) is 9.26 Å². The normalized spacial score (nSPS) is 10.7. The van der Waals surface area contributed by atoms with Gasteiger partial charge in [0.15, 0.2) is 0 Å². The maximum Gasteiger partial charge on any atom is 0.227 e. The van der Waals surface area contributed by atoms with Crippen molar-refractivity contribution in [2.45, 2.75) is 19.3 Å². The second-order valence-electron chi connectivity index (χ2n) is 7.36. The summed E-state index contributed by atoms with van der Waals surface area (Å²) >= 11 is 0. The standard InChI is InChI=1S/C26H25N3O3/c1-31-23-14-12-21(13-15-23)26-27-24(32-28-26)16-17-25(30)29(22-10-6-3-7-11-22)19-18-20-8-4-2-5-9-20/h2-15H,16-19H2,1H3. The summed E-state index contributed by atoms with van der Waals surface area (Å²) < 4.78 is 10.6. The highest BCUT2D eigenvalue weighted by Crippen LogP contribution is 2.21.